The smallest absolute Gasteiger partial charge is 0.261 e. The highest BCUT2D eigenvalue weighted by atomic mass is 79.9. The number of nitrogens with one attached hydrogen (secondary N) is 1. The first kappa shape index (κ1) is 15.6. The van der Waals surface area contributed by atoms with Crippen molar-refractivity contribution >= 4 is 31.6 Å². The van der Waals surface area contributed by atoms with E-state index in [-0.39, 0.29) is 4.90 Å². The van der Waals surface area contributed by atoms with Gasteiger partial charge in [-0.3, -0.25) is 4.72 Å². The quantitative estimate of drug-likeness (QED) is 0.735. The Labute approximate surface area is 141 Å². The third kappa shape index (κ3) is 3.25. The zero-order valence-electron chi connectivity index (χ0n) is 12.0. The third-order valence-electron chi connectivity index (χ3n) is 3.18. The fourth-order valence-electron chi connectivity index (χ4n) is 2.02. The summed E-state index contributed by atoms with van der Waals surface area (Å²) in [6.07, 6.45) is 1.40. The molecule has 0 bridgehead atoms. The number of halogens is 1. The van der Waals surface area contributed by atoms with Crippen LogP contribution < -0.4 is 4.72 Å². The molecule has 0 fully saturated rings. The second-order valence-corrected chi connectivity index (χ2v) is 7.32. The minimum Gasteiger partial charge on any atom is -0.277 e. The van der Waals surface area contributed by atoms with E-state index < -0.39 is 10.0 Å². The van der Waals surface area contributed by atoms with Crippen molar-refractivity contribution < 1.29 is 8.42 Å². The van der Waals surface area contributed by atoms with E-state index in [1.54, 1.807) is 42.5 Å². The molecule has 3 rings (SSSR count). The average molecular weight is 394 g/mol. The first-order chi connectivity index (χ1) is 11.0. The summed E-state index contributed by atoms with van der Waals surface area (Å²) in [7, 11) is -3.72. The Bertz CT molecular complexity index is 942. The molecule has 118 valence electrons. The van der Waals surface area contributed by atoms with Crippen LogP contribution in [-0.4, -0.2) is 28.6 Å². The molecule has 1 aromatic heterocycles. The third-order valence-corrected chi connectivity index (χ3v) is 5.44. The molecule has 3 aromatic rings. The topological polar surface area (TPSA) is 89.8 Å². The van der Waals surface area contributed by atoms with E-state index in [0.717, 1.165) is 10.0 Å². The minimum absolute atomic E-state index is 0.185. The maximum atomic E-state index is 12.6. The highest BCUT2D eigenvalue weighted by molar-refractivity contribution is 9.10. The fraction of sp³-hybridized carbons (Fsp3) is 0.0714. The van der Waals surface area contributed by atoms with Crippen LogP contribution in [0.4, 0.5) is 5.69 Å². The van der Waals surface area contributed by atoms with E-state index in [9.17, 15) is 8.42 Å². The summed E-state index contributed by atoms with van der Waals surface area (Å²) >= 11 is 3.36. The van der Waals surface area contributed by atoms with Gasteiger partial charge in [-0.25, -0.2) is 8.42 Å². The number of benzene rings is 2. The van der Waals surface area contributed by atoms with E-state index in [4.69, 9.17) is 0 Å². The van der Waals surface area contributed by atoms with E-state index in [2.05, 4.69) is 36.2 Å². The Morgan fingerprint density at radius 2 is 1.96 bits per heavy atom. The Balaban J connectivity index is 2.00. The number of sulfonamides is 1. The zero-order valence-corrected chi connectivity index (χ0v) is 14.4. The van der Waals surface area contributed by atoms with E-state index in [1.807, 2.05) is 6.92 Å². The zero-order chi connectivity index (χ0) is 16.4. The number of anilines is 1. The number of hydrogen-bond acceptors (Lipinski definition) is 5. The second-order valence-electron chi connectivity index (χ2n) is 4.79. The summed E-state index contributed by atoms with van der Waals surface area (Å²) in [4.78, 5) is 0.185. The van der Waals surface area contributed by atoms with Crippen LogP contribution in [0.3, 0.4) is 0 Å². The average Bonchev–Trinajstić information content (AvgIpc) is 3.04. The van der Waals surface area contributed by atoms with Gasteiger partial charge in [-0.2, -0.15) is 4.68 Å². The monoisotopic (exact) mass is 393 g/mol. The van der Waals surface area contributed by atoms with E-state index in [1.165, 1.54) is 11.0 Å². The van der Waals surface area contributed by atoms with Gasteiger partial charge in [-0.05, 0) is 53.2 Å². The van der Waals surface area contributed by atoms with Gasteiger partial charge in [-0.15, -0.1) is 5.10 Å². The lowest BCUT2D eigenvalue weighted by molar-refractivity contribution is 0.601. The number of tetrazole rings is 1. The number of aryl methyl sites for hydroxylation is 1. The summed E-state index contributed by atoms with van der Waals surface area (Å²) in [5.41, 5.74) is 1.76. The molecule has 0 aliphatic carbocycles. The number of rotatable bonds is 4. The van der Waals surface area contributed by atoms with Crippen molar-refractivity contribution in [2.45, 2.75) is 11.8 Å². The molecule has 0 atom stereocenters. The van der Waals surface area contributed by atoms with Crippen molar-refractivity contribution in [3.8, 4) is 5.69 Å². The Kier molecular flexibility index (Phi) is 4.14. The highest BCUT2D eigenvalue weighted by Gasteiger charge is 2.17. The highest BCUT2D eigenvalue weighted by Crippen LogP contribution is 2.25. The van der Waals surface area contributed by atoms with Crippen LogP contribution in [0.25, 0.3) is 5.69 Å². The van der Waals surface area contributed by atoms with Crippen LogP contribution in [0.5, 0.6) is 0 Å². The van der Waals surface area contributed by atoms with E-state index >= 15 is 0 Å². The summed E-state index contributed by atoms with van der Waals surface area (Å²) < 4.78 is 30.0. The molecular formula is C14H12BrN5O2S. The molecule has 0 amide bonds. The van der Waals surface area contributed by atoms with Crippen molar-refractivity contribution in [1.82, 2.24) is 20.2 Å². The molecule has 2 aromatic carbocycles. The summed E-state index contributed by atoms with van der Waals surface area (Å²) in [6, 6.07) is 11.7. The van der Waals surface area contributed by atoms with Crippen LogP contribution in [0, 0.1) is 6.92 Å². The molecule has 9 heteroatoms. The number of nitrogens with zero attached hydrogens (tertiary/aromatic N) is 4. The van der Waals surface area contributed by atoms with Gasteiger partial charge in [0.25, 0.3) is 10.0 Å². The van der Waals surface area contributed by atoms with Gasteiger partial charge < -0.3 is 0 Å². The molecule has 1 N–H and O–H groups in total. The largest absolute Gasteiger partial charge is 0.277 e. The van der Waals surface area contributed by atoms with Gasteiger partial charge in [0.2, 0.25) is 0 Å². The second kappa shape index (κ2) is 6.09. The van der Waals surface area contributed by atoms with Gasteiger partial charge in [0, 0.05) is 4.47 Å². The molecular weight excluding hydrogens is 382 g/mol. The van der Waals surface area contributed by atoms with Gasteiger partial charge in [0.05, 0.1) is 16.3 Å². The van der Waals surface area contributed by atoms with Gasteiger partial charge in [-0.1, -0.05) is 28.1 Å². The number of para-hydroxylation sites is 2. The number of aromatic nitrogens is 4. The van der Waals surface area contributed by atoms with Crippen LogP contribution >= 0.6 is 15.9 Å². The standard InChI is InChI=1S/C14H12BrN5O2S/c1-10-8-11(6-7-12(10)15)23(21,22)17-13-4-2-3-5-14(13)20-9-16-18-19-20/h2-9,17H,1H3. The summed E-state index contributed by atoms with van der Waals surface area (Å²) in [5.74, 6) is 0. The molecule has 0 saturated carbocycles. The predicted octanol–water partition coefficient (Wildman–Crippen LogP) is 2.53. The van der Waals surface area contributed by atoms with Gasteiger partial charge in [0.15, 0.2) is 0 Å². The maximum Gasteiger partial charge on any atom is 0.261 e. The van der Waals surface area contributed by atoms with Gasteiger partial charge in [0.1, 0.15) is 6.33 Å². The lowest BCUT2D eigenvalue weighted by atomic mass is 10.2. The summed E-state index contributed by atoms with van der Waals surface area (Å²) in [5, 5.41) is 10.9. The lowest BCUT2D eigenvalue weighted by Crippen LogP contribution is -2.15. The minimum atomic E-state index is -3.72. The van der Waals surface area contributed by atoms with Crippen LogP contribution in [-0.2, 0) is 10.0 Å². The first-order valence-electron chi connectivity index (χ1n) is 6.59. The van der Waals surface area contributed by atoms with Crippen molar-refractivity contribution in [2.24, 2.45) is 0 Å². The first-order valence-corrected chi connectivity index (χ1v) is 8.86. The Morgan fingerprint density at radius 3 is 2.65 bits per heavy atom. The van der Waals surface area contributed by atoms with Crippen molar-refractivity contribution in [1.29, 1.82) is 0 Å². The lowest BCUT2D eigenvalue weighted by Gasteiger charge is -2.12. The molecule has 0 aliphatic rings. The predicted molar refractivity (Wildman–Crippen MR) is 88.8 cm³/mol. The number of hydrogen-bond donors (Lipinski definition) is 1. The molecule has 23 heavy (non-hydrogen) atoms. The maximum absolute atomic E-state index is 12.6. The van der Waals surface area contributed by atoms with Crippen molar-refractivity contribution in [3.63, 3.8) is 0 Å². The van der Waals surface area contributed by atoms with E-state index in [0.29, 0.717) is 11.4 Å². The molecule has 0 spiro atoms. The van der Waals surface area contributed by atoms with Crippen LogP contribution in [0.1, 0.15) is 5.56 Å². The van der Waals surface area contributed by atoms with Gasteiger partial charge >= 0.3 is 0 Å². The van der Waals surface area contributed by atoms with Crippen molar-refractivity contribution in [2.75, 3.05) is 4.72 Å². The Morgan fingerprint density at radius 1 is 1.17 bits per heavy atom. The SMILES string of the molecule is Cc1cc(S(=O)(=O)Nc2ccccc2-n2cnnn2)ccc1Br. The molecule has 1 heterocycles. The molecule has 0 radical (unpaired) electrons. The van der Waals surface area contributed by atoms with Crippen LogP contribution in [0.2, 0.25) is 0 Å². The van der Waals surface area contributed by atoms with Crippen molar-refractivity contribution in [3.05, 3.63) is 58.8 Å². The Hall–Kier alpha value is -2.26. The molecule has 7 nitrogen and oxygen atoms in total. The normalized spacial score (nSPS) is 11.4. The summed E-state index contributed by atoms with van der Waals surface area (Å²) in [6.45, 7) is 1.83. The molecule has 0 saturated heterocycles. The molecule has 0 unspecified atom stereocenters. The fourth-order valence-corrected chi connectivity index (χ4v) is 3.43. The molecule has 0 aliphatic heterocycles. The van der Waals surface area contributed by atoms with Crippen LogP contribution in [0.15, 0.2) is 58.2 Å².